The minimum atomic E-state index is -1.11. The zero-order valence-corrected chi connectivity index (χ0v) is 14.2. The predicted molar refractivity (Wildman–Crippen MR) is 100 cm³/mol. The number of nitrogens with one attached hydrogen (secondary N) is 1. The summed E-state index contributed by atoms with van der Waals surface area (Å²) in [6.45, 7) is 0. The third kappa shape index (κ3) is 4.73. The molecule has 0 aromatic heterocycles. The molecule has 1 N–H and O–H groups in total. The molecular formula is C22H15F2NO2. The fraction of sp³-hybridized carbons (Fsp3) is 0. The quantitative estimate of drug-likeness (QED) is 0.512. The van der Waals surface area contributed by atoms with Crippen molar-refractivity contribution < 1.29 is 18.4 Å². The van der Waals surface area contributed by atoms with Gasteiger partial charge in [0.05, 0.1) is 0 Å². The van der Waals surface area contributed by atoms with Gasteiger partial charge in [-0.25, -0.2) is 8.78 Å². The van der Waals surface area contributed by atoms with Crippen LogP contribution in [-0.2, 0) is 4.79 Å². The van der Waals surface area contributed by atoms with Crippen LogP contribution in [0.3, 0.4) is 0 Å². The maximum Gasteiger partial charge on any atom is 0.248 e. The molecule has 3 aromatic carbocycles. The summed E-state index contributed by atoms with van der Waals surface area (Å²) < 4.78 is 26.0. The van der Waals surface area contributed by atoms with Crippen molar-refractivity contribution in [3.63, 3.8) is 0 Å². The summed E-state index contributed by atoms with van der Waals surface area (Å²) in [5.41, 5.74) is 2.61. The van der Waals surface area contributed by atoms with Crippen LogP contribution in [0.15, 0.2) is 84.9 Å². The number of anilines is 1. The first-order chi connectivity index (χ1) is 13.0. The van der Waals surface area contributed by atoms with Crippen LogP contribution >= 0.6 is 0 Å². The van der Waals surface area contributed by atoms with Crippen molar-refractivity contribution in [2.75, 3.05) is 5.32 Å². The smallest absolute Gasteiger partial charge is 0.248 e. The first-order valence-electron chi connectivity index (χ1n) is 8.17. The third-order valence-corrected chi connectivity index (χ3v) is 3.85. The van der Waals surface area contributed by atoms with Gasteiger partial charge in [0.1, 0.15) is 0 Å². The van der Waals surface area contributed by atoms with E-state index in [1.807, 2.05) is 42.5 Å². The summed E-state index contributed by atoms with van der Waals surface area (Å²) in [6.07, 6.45) is 2.06. The van der Waals surface area contributed by atoms with Crippen molar-refractivity contribution in [2.24, 2.45) is 0 Å². The van der Waals surface area contributed by atoms with Crippen LogP contribution in [-0.4, -0.2) is 11.7 Å². The molecule has 3 aromatic rings. The fourth-order valence-electron chi connectivity index (χ4n) is 2.46. The van der Waals surface area contributed by atoms with E-state index in [-0.39, 0.29) is 5.56 Å². The molecule has 0 aliphatic rings. The summed E-state index contributed by atoms with van der Waals surface area (Å²) in [5.74, 6) is -3.24. The Balaban J connectivity index is 1.62. The van der Waals surface area contributed by atoms with Crippen molar-refractivity contribution in [3.8, 4) is 11.1 Å². The van der Waals surface area contributed by atoms with Gasteiger partial charge in [-0.05, 0) is 47.5 Å². The Morgan fingerprint density at radius 3 is 2.07 bits per heavy atom. The summed E-state index contributed by atoms with van der Waals surface area (Å²) in [6, 6.07) is 19.9. The van der Waals surface area contributed by atoms with E-state index in [1.54, 1.807) is 12.1 Å². The van der Waals surface area contributed by atoms with Crippen LogP contribution in [0, 0.1) is 11.6 Å². The Hall–Kier alpha value is -3.60. The largest absolute Gasteiger partial charge is 0.323 e. The monoisotopic (exact) mass is 363 g/mol. The number of hydrogen-bond donors (Lipinski definition) is 1. The lowest BCUT2D eigenvalue weighted by atomic mass is 10.1. The molecule has 0 atom stereocenters. The number of rotatable bonds is 5. The maximum atomic E-state index is 13.2. The van der Waals surface area contributed by atoms with Crippen LogP contribution in [0.25, 0.3) is 11.1 Å². The molecule has 0 radical (unpaired) electrons. The first-order valence-corrected chi connectivity index (χ1v) is 8.17. The van der Waals surface area contributed by atoms with Crippen LogP contribution in [0.5, 0.6) is 0 Å². The molecule has 3 rings (SSSR count). The van der Waals surface area contributed by atoms with E-state index >= 15 is 0 Å². The van der Waals surface area contributed by atoms with Crippen molar-refractivity contribution in [3.05, 3.63) is 102 Å². The van der Waals surface area contributed by atoms with Gasteiger partial charge < -0.3 is 5.32 Å². The average molecular weight is 363 g/mol. The number of halogens is 2. The van der Waals surface area contributed by atoms with E-state index in [9.17, 15) is 18.4 Å². The highest BCUT2D eigenvalue weighted by atomic mass is 19.2. The van der Waals surface area contributed by atoms with Gasteiger partial charge in [-0.15, -0.1) is 0 Å². The molecule has 0 saturated carbocycles. The number of amides is 1. The Morgan fingerprint density at radius 1 is 0.741 bits per heavy atom. The van der Waals surface area contributed by atoms with Crippen molar-refractivity contribution >= 4 is 17.4 Å². The molecule has 0 heterocycles. The van der Waals surface area contributed by atoms with Gasteiger partial charge in [0.25, 0.3) is 0 Å². The number of carbonyl (C=O) groups excluding carboxylic acids is 2. The number of hydrogen-bond acceptors (Lipinski definition) is 2. The SMILES string of the molecule is O=C(/C=C/C(=O)c1ccc(F)c(F)c1)Nc1ccc(-c2ccccc2)cc1. The maximum absolute atomic E-state index is 13.2. The molecule has 134 valence electrons. The van der Waals surface area contributed by atoms with Gasteiger partial charge >= 0.3 is 0 Å². The lowest BCUT2D eigenvalue weighted by Gasteiger charge is -2.05. The lowest BCUT2D eigenvalue weighted by molar-refractivity contribution is -0.111. The summed E-state index contributed by atoms with van der Waals surface area (Å²) in [5, 5.41) is 2.64. The minimum Gasteiger partial charge on any atom is -0.323 e. The molecule has 0 saturated heterocycles. The van der Waals surface area contributed by atoms with Gasteiger partial charge in [0.2, 0.25) is 5.91 Å². The minimum absolute atomic E-state index is 0.0369. The summed E-state index contributed by atoms with van der Waals surface area (Å²) in [4.78, 5) is 23.9. The highest BCUT2D eigenvalue weighted by molar-refractivity contribution is 6.09. The summed E-state index contributed by atoms with van der Waals surface area (Å²) in [7, 11) is 0. The molecule has 3 nitrogen and oxygen atoms in total. The van der Waals surface area contributed by atoms with E-state index in [0.29, 0.717) is 5.69 Å². The second kappa shape index (κ2) is 8.19. The van der Waals surface area contributed by atoms with Crippen molar-refractivity contribution in [1.82, 2.24) is 0 Å². The van der Waals surface area contributed by atoms with Gasteiger partial charge in [0.15, 0.2) is 17.4 Å². The number of carbonyl (C=O) groups is 2. The molecule has 0 aliphatic carbocycles. The molecule has 1 amide bonds. The van der Waals surface area contributed by atoms with Crippen molar-refractivity contribution in [1.29, 1.82) is 0 Å². The van der Waals surface area contributed by atoms with E-state index < -0.39 is 23.3 Å². The Kier molecular flexibility index (Phi) is 5.52. The lowest BCUT2D eigenvalue weighted by Crippen LogP contribution is -2.08. The topological polar surface area (TPSA) is 46.2 Å². The van der Waals surface area contributed by atoms with Gasteiger partial charge in [-0.3, -0.25) is 9.59 Å². The van der Waals surface area contributed by atoms with E-state index in [2.05, 4.69) is 5.32 Å². The first kappa shape index (κ1) is 18.2. The number of benzene rings is 3. The van der Waals surface area contributed by atoms with Crippen LogP contribution in [0.2, 0.25) is 0 Å². The second-order valence-electron chi connectivity index (χ2n) is 5.76. The molecular weight excluding hydrogens is 348 g/mol. The van der Waals surface area contributed by atoms with Gasteiger partial charge in [0, 0.05) is 17.3 Å². The number of allylic oxidation sites excluding steroid dienone is 1. The Morgan fingerprint density at radius 2 is 1.41 bits per heavy atom. The Labute approximate surface area is 155 Å². The van der Waals surface area contributed by atoms with Crippen LogP contribution in [0.1, 0.15) is 10.4 Å². The fourth-order valence-corrected chi connectivity index (χ4v) is 2.46. The number of ketones is 1. The molecule has 0 unspecified atom stereocenters. The Bertz CT molecular complexity index is 997. The standard InChI is InChI=1S/C22H15F2NO2/c23-19-11-8-17(14-20(19)24)21(26)12-13-22(27)25-18-9-6-16(7-10-18)15-4-2-1-3-5-15/h1-14H,(H,25,27)/b13-12+. The van der Waals surface area contributed by atoms with Gasteiger partial charge in [-0.1, -0.05) is 42.5 Å². The zero-order valence-electron chi connectivity index (χ0n) is 14.2. The molecule has 0 bridgehead atoms. The van der Waals surface area contributed by atoms with E-state index in [4.69, 9.17) is 0 Å². The van der Waals surface area contributed by atoms with Crippen molar-refractivity contribution in [2.45, 2.75) is 0 Å². The summed E-state index contributed by atoms with van der Waals surface area (Å²) >= 11 is 0. The zero-order chi connectivity index (χ0) is 19.2. The van der Waals surface area contributed by atoms with Gasteiger partial charge in [-0.2, -0.15) is 0 Å². The molecule has 0 spiro atoms. The molecule has 5 heteroatoms. The normalized spacial score (nSPS) is 10.7. The average Bonchev–Trinajstić information content (AvgIpc) is 2.69. The van der Waals surface area contributed by atoms with E-state index in [1.165, 1.54) is 0 Å². The molecule has 0 aliphatic heterocycles. The van der Waals surface area contributed by atoms with Crippen LogP contribution < -0.4 is 5.32 Å². The second-order valence-corrected chi connectivity index (χ2v) is 5.76. The predicted octanol–water partition coefficient (Wildman–Crippen LogP) is 5.01. The van der Waals surface area contributed by atoms with E-state index in [0.717, 1.165) is 41.5 Å². The van der Waals surface area contributed by atoms with Crippen LogP contribution in [0.4, 0.5) is 14.5 Å². The highest BCUT2D eigenvalue weighted by Gasteiger charge is 2.08. The molecule has 0 fully saturated rings. The highest BCUT2D eigenvalue weighted by Crippen LogP contribution is 2.21. The molecule has 27 heavy (non-hydrogen) atoms. The third-order valence-electron chi connectivity index (χ3n) is 3.85.